The number of methoxy groups -OCH3 is 2. The number of nitrogens with one attached hydrogen (secondary N) is 1. The standard InChI is InChI=1S/C23H25NO6/c1-14(30-20-10-6-8-15-7-4-5-9-17(15)20)21(25)24-19-13-16(22(26)28-2)11-12-18(19)23(27)29-3/h6,8,10-14H,4-5,7,9H2,1-3H3,(H,24,25)/t14-/m0/s1. The molecule has 0 heterocycles. The third-order valence-corrected chi connectivity index (χ3v) is 5.13. The van der Waals surface area contributed by atoms with Gasteiger partial charge in [0.1, 0.15) is 5.75 Å². The number of ether oxygens (including phenoxy) is 3. The average Bonchev–Trinajstić information content (AvgIpc) is 2.78. The lowest BCUT2D eigenvalue weighted by Gasteiger charge is -2.22. The van der Waals surface area contributed by atoms with Gasteiger partial charge in [0.2, 0.25) is 0 Å². The first-order chi connectivity index (χ1) is 14.4. The van der Waals surface area contributed by atoms with Crippen LogP contribution in [0.3, 0.4) is 0 Å². The van der Waals surface area contributed by atoms with E-state index in [4.69, 9.17) is 14.2 Å². The highest BCUT2D eigenvalue weighted by atomic mass is 16.5. The van der Waals surface area contributed by atoms with Gasteiger partial charge in [0.05, 0.1) is 31.0 Å². The Morgan fingerprint density at radius 1 is 0.967 bits per heavy atom. The van der Waals surface area contributed by atoms with E-state index in [1.54, 1.807) is 6.92 Å². The molecule has 30 heavy (non-hydrogen) atoms. The first-order valence-corrected chi connectivity index (χ1v) is 9.83. The SMILES string of the molecule is COC(=O)c1ccc(C(=O)OC)c(NC(=O)[C@H](C)Oc2cccc3c2CCCC3)c1. The second kappa shape index (κ2) is 9.43. The molecule has 1 aliphatic rings. The van der Waals surface area contributed by atoms with Crippen LogP contribution in [0.2, 0.25) is 0 Å². The lowest BCUT2D eigenvalue weighted by Crippen LogP contribution is -2.31. The van der Waals surface area contributed by atoms with Gasteiger partial charge in [-0.1, -0.05) is 12.1 Å². The van der Waals surface area contributed by atoms with Crippen LogP contribution in [0.4, 0.5) is 5.69 Å². The number of hydrogen-bond acceptors (Lipinski definition) is 6. The molecule has 0 aliphatic heterocycles. The highest BCUT2D eigenvalue weighted by Gasteiger charge is 2.22. The lowest BCUT2D eigenvalue weighted by molar-refractivity contribution is -0.122. The Hall–Kier alpha value is -3.35. The molecule has 0 bridgehead atoms. The number of esters is 2. The Kier molecular flexibility index (Phi) is 6.72. The van der Waals surface area contributed by atoms with Crippen molar-refractivity contribution in [2.24, 2.45) is 0 Å². The van der Waals surface area contributed by atoms with Crippen molar-refractivity contribution in [2.75, 3.05) is 19.5 Å². The number of anilines is 1. The maximum absolute atomic E-state index is 12.8. The Balaban J connectivity index is 1.81. The molecule has 0 spiro atoms. The highest BCUT2D eigenvalue weighted by molar-refractivity contribution is 6.04. The normalized spacial score (nSPS) is 13.6. The zero-order valence-corrected chi connectivity index (χ0v) is 17.3. The van der Waals surface area contributed by atoms with Gasteiger partial charge in [-0.05, 0) is 68.0 Å². The molecule has 7 nitrogen and oxygen atoms in total. The van der Waals surface area contributed by atoms with Gasteiger partial charge in [-0.25, -0.2) is 9.59 Å². The van der Waals surface area contributed by atoms with E-state index in [-0.39, 0.29) is 16.8 Å². The van der Waals surface area contributed by atoms with Crippen molar-refractivity contribution >= 4 is 23.5 Å². The van der Waals surface area contributed by atoms with Gasteiger partial charge in [0, 0.05) is 0 Å². The minimum atomic E-state index is -0.814. The topological polar surface area (TPSA) is 90.9 Å². The van der Waals surface area contributed by atoms with Crippen molar-refractivity contribution in [3.8, 4) is 5.75 Å². The fourth-order valence-corrected chi connectivity index (χ4v) is 3.52. The van der Waals surface area contributed by atoms with Crippen LogP contribution in [0.25, 0.3) is 0 Å². The van der Waals surface area contributed by atoms with Gasteiger partial charge in [-0.15, -0.1) is 0 Å². The predicted octanol–water partition coefficient (Wildman–Crippen LogP) is 3.54. The summed E-state index contributed by atoms with van der Waals surface area (Å²) in [5, 5.41) is 2.67. The number of benzene rings is 2. The van der Waals surface area contributed by atoms with Gasteiger partial charge >= 0.3 is 11.9 Å². The average molecular weight is 411 g/mol. The first-order valence-electron chi connectivity index (χ1n) is 9.83. The van der Waals surface area contributed by atoms with Crippen LogP contribution < -0.4 is 10.1 Å². The van der Waals surface area contributed by atoms with Crippen LogP contribution in [-0.2, 0) is 27.1 Å². The number of aryl methyl sites for hydroxylation is 1. The summed E-state index contributed by atoms with van der Waals surface area (Å²) in [5.41, 5.74) is 2.88. The highest BCUT2D eigenvalue weighted by Crippen LogP contribution is 2.30. The molecule has 158 valence electrons. The van der Waals surface area contributed by atoms with E-state index in [2.05, 4.69) is 11.4 Å². The van der Waals surface area contributed by atoms with Crippen LogP contribution in [0.1, 0.15) is 51.6 Å². The zero-order chi connectivity index (χ0) is 21.7. The molecule has 3 rings (SSSR count). The summed E-state index contributed by atoms with van der Waals surface area (Å²) in [6, 6.07) is 10.1. The minimum Gasteiger partial charge on any atom is -0.481 e. The van der Waals surface area contributed by atoms with Gasteiger partial charge < -0.3 is 19.5 Å². The molecule has 1 amide bonds. The number of hydrogen-bond donors (Lipinski definition) is 1. The molecule has 1 atom stereocenters. The maximum atomic E-state index is 12.8. The third kappa shape index (κ3) is 4.62. The van der Waals surface area contributed by atoms with Crippen LogP contribution in [-0.4, -0.2) is 38.2 Å². The molecule has 0 saturated carbocycles. The molecule has 2 aromatic rings. The Labute approximate surface area is 175 Å². The summed E-state index contributed by atoms with van der Waals surface area (Å²) in [4.78, 5) is 36.7. The zero-order valence-electron chi connectivity index (χ0n) is 17.3. The van der Waals surface area contributed by atoms with Gasteiger partial charge in [-0.3, -0.25) is 4.79 Å². The Bertz CT molecular complexity index is 968. The fraction of sp³-hybridized carbons (Fsp3) is 0.348. The first kappa shape index (κ1) is 21.4. The van der Waals surface area contributed by atoms with E-state index in [0.717, 1.165) is 31.2 Å². The number of rotatable bonds is 6. The van der Waals surface area contributed by atoms with Crippen molar-refractivity contribution in [2.45, 2.75) is 38.7 Å². The molecule has 0 aromatic heterocycles. The molecule has 2 aromatic carbocycles. The number of fused-ring (bicyclic) bond motifs is 1. The fourth-order valence-electron chi connectivity index (χ4n) is 3.52. The summed E-state index contributed by atoms with van der Waals surface area (Å²) in [6.45, 7) is 1.64. The summed E-state index contributed by atoms with van der Waals surface area (Å²) >= 11 is 0. The van der Waals surface area contributed by atoms with E-state index in [9.17, 15) is 14.4 Å². The lowest BCUT2D eigenvalue weighted by atomic mass is 9.91. The van der Waals surface area contributed by atoms with Gasteiger partial charge in [0.15, 0.2) is 6.10 Å². The van der Waals surface area contributed by atoms with Crippen LogP contribution in [0.15, 0.2) is 36.4 Å². The number of amides is 1. The van der Waals surface area contributed by atoms with Crippen molar-refractivity contribution < 1.29 is 28.6 Å². The molecule has 1 aliphatic carbocycles. The third-order valence-electron chi connectivity index (χ3n) is 5.13. The second-order valence-corrected chi connectivity index (χ2v) is 7.09. The molecule has 1 N–H and O–H groups in total. The molecule has 0 saturated heterocycles. The van der Waals surface area contributed by atoms with Crippen molar-refractivity contribution in [1.29, 1.82) is 0 Å². The molecule has 0 unspecified atom stereocenters. The molecular formula is C23H25NO6. The van der Waals surface area contributed by atoms with Gasteiger partial charge in [-0.2, -0.15) is 0 Å². The number of carbonyl (C=O) groups is 3. The van der Waals surface area contributed by atoms with E-state index in [0.29, 0.717) is 5.75 Å². The van der Waals surface area contributed by atoms with E-state index in [1.165, 1.54) is 38.0 Å². The molecule has 0 fully saturated rings. The van der Waals surface area contributed by atoms with Crippen LogP contribution in [0, 0.1) is 0 Å². The second-order valence-electron chi connectivity index (χ2n) is 7.09. The number of carbonyl (C=O) groups excluding carboxylic acids is 3. The Morgan fingerprint density at radius 2 is 1.70 bits per heavy atom. The van der Waals surface area contributed by atoms with Crippen molar-refractivity contribution in [3.05, 3.63) is 58.7 Å². The smallest absolute Gasteiger partial charge is 0.339 e. The maximum Gasteiger partial charge on any atom is 0.339 e. The van der Waals surface area contributed by atoms with E-state index < -0.39 is 23.9 Å². The van der Waals surface area contributed by atoms with Crippen LogP contribution >= 0.6 is 0 Å². The quantitative estimate of drug-likeness (QED) is 0.731. The van der Waals surface area contributed by atoms with E-state index >= 15 is 0 Å². The van der Waals surface area contributed by atoms with Crippen LogP contribution in [0.5, 0.6) is 5.75 Å². The van der Waals surface area contributed by atoms with Crippen molar-refractivity contribution in [1.82, 2.24) is 0 Å². The molecule has 7 heteroatoms. The van der Waals surface area contributed by atoms with E-state index in [1.807, 2.05) is 12.1 Å². The monoisotopic (exact) mass is 411 g/mol. The minimum absolute atomic E-state index is 0.128. The molecule has 0 radical (unpaired) electrons. The predicted molar refractivity (Wildman–Crippen MR) is 111 cm³/mol. The summed E-state index contributed by atoms with van der Waals surface area (Å²) in [5.74, 6) is -0.962. The summed E-state index contributed by atoms with van der Waals surface area (Å²) in [6.07, 6.45) is 3.37. The Morgan fingerprint density at radius 3 is 2.43 bits per heavy atom. The largest absolute Gasteiger partial charge is 0.481 e. The molecular weight excluding hydrogens is 386 g/mol. The van der Waals surface area contributed by atoms with Gasteiger partial charge in [0.25, 0.3) is 5.91 Å². The summed E-state index contributed by atoms with van der Waals surface area (Å²) in [7, 11) is 2.50. The van der Waals surface area contributed by atoms with Crippen molar-refractivity contribution in [3.63, 3.8) is 0 Å². The summed E-state index contributed by atoms with van der Waals surface area (Å²) < 4.78 is 15.4.